The van der Waals surface area contributed by atoms with Gasteiger partial charge in [-0.25, -0.2) is 0 Å². The van der Waals surface area contributed by atoms with E-state index in [-0.39, 0.29) is 18.1 Å². The molecule has 6 heteroatoms. The molecular formula is C13H19N3O3. The van der Waals surface area contributed by atoms with Gasteiger partial charge in [0.1, 0.15) is 11.8 Å². The van der Waals surface area contributed by atoms with Crippen molar-refractivity contribution in [3.63, 3.8) is 0 Å². The molecule has 1 aromatic rings. The zero-order chi connectivity index (χ0) is 14.3. The van der Waals surface area contributed by atoms with E-state index in [4.69, 9.17) is 5.73 Å². The van der Waals surface area contributed by atoms with Crippen LogP contribution >= 0.6 is 0 Å². The number of aromatic hydroxyl groups is 1. The van der Waals surface area contributed by atoms with Gasteiger partial charge >= 0.3 is 0 Å². The molecule has 1 atom stereocenters. The van der Waals surface area contributed by atoms with Crippen LogP contribution in [0.15, 0.2) is 24.3 Å². The first-order valence-electron chi connectivity index (χ1n) is 6.04. The smallest absolute Gasteiger partial charge is 0.240 e. The SMILES string of the molecule is CNCCC(=O)NC(Cc1ccc(O)cc1)C(N)=O. The van der Waals surface area contributed by atoms with Crippen LogP contribution in [-0.4, -0.2) is 36.6 Å². The van der Waals surface area contributed by atoms with Crippen molar-refractivity contribution < 1.29 is 14.7 Å². The Morgan fingerprint density at radius 2 is 1.95 bits per heavy atom. The second-order valence-electron chi connectivity index (χ2n) is 4.25. The third kappa shape index (κ3) is 5.39. The van der Waals surface area contributed by atoms with Crippen molar-refractivity contribution in [2.75, 3.05) is 13.6 Å². The molecule has 6 nitrogen and oxygen atoms in total. The van der Waals surface area contributed by atoms with Crippen LogP contribution in [-0.2, 0) is 16.0 Å². The van der Waals surface area contributed by atoms with E-state index in [0.717, 1.165) is 5.56 Å². The number of carbonyl (C=O) groups excluding carboxylic acids is 2. The van der Waals surface area contributed by atoms with E-state index in [2.05, 4.69) is 10.6 Å². The van der Waals surface area contributed by atoms with Crippen molar-refractivity contribution in [3.8, 4) is 5.75 Å². The first-order chi connectivity index (χ1) is 9.02. The van der Waals surface area contributed by atoms with Crippen molar-refractivity contribution >= 4 is 11.8 Å². The lowest BCUT2D eigenvalue weighted by Gasteiger charge is -2.15. The van der Waals surface area contributed by atoms with Gasteiger partial charge in [-0.2, -0.15) is 0 Å². The first-order valence-corrected chi connectivity index (χ1v) is 6.04. The molecule has 0 radical (unpaired) electrons. The van der Waals surface area contributed by atoms with Crippen molar-refractivity contribution in [1.29, 1.82) is 0 Å². The highest BCUT2D eigenvalue weighted by atomic mass is 16.3. The molecular weight excluding hydrogens is 246 g/mol. The summed E-state index contributed by atoms with van der Waals surface area (Å²) < 4.78 is 0. The van der Waals surface area contributed by atoms with E-state index in [9.17, 15) is 14.7 Å². The van der Waals surface area contributed by atoms with Gasteiger partial charge in [-0.05, 0) is 24.7 Å². The molecule has 0 spiro atoms. The molecule has 1 rings (SSSR count). The average Bonchev–Trinajstić information content (AvgIpc) is 2.38. The fraction of sp³-hybridized carbons (Fsp3) is 0.385. The highest BCUT2D eigenvalue weighted by molar-refractivity contribution is 5.86. The van der Waals surface area contributed by atoms with Crippen LogP contribution in [0.2, 0.25) is 0 Å². The van der Waals surface area contributed by atoms with Gasteiger partial charge in [0.05, 0.1) is 0 Å². The number of carbonyl (C=O) groups is 2. The molecule has 5 N–H and O–H groups in total. The van der Waals surface area contributed by atoms with E-state index in [0.29, 0.717) is 13.0 Å². The number of phenols is 1. The summed E-state index contributed by atoms with van der Waals surface area (Å²) in [7, 11) is 1.75. The lowest BCUT2D eigenvalue weighted by Crippen LogP contribution is -2.46. The number of nitrogens with one attached hydrogen (secondary N) is 2. The fourth-order valence-electron chi connectivity index (χ4n) is 1.60. The predicted octanol–water partition coefficient (Wildman–Crippen LogP) is -0.486. The molecule has 0 aliphatic carbocycles. The number of benzene rings is 1. The Kier molecular flexibility index (Phi) is 5.81. The Bertz CT molecular complexity index is 431. The van der Waals surface area contributed by atoms with E-state index >= 15 is 0 Å². The summed E-state index contributed by atoms with van der Waals surface area (Å²) in [4.78, 5) is 22.9. The number of primary amides is 1. The van der Waals surface area contributed by atoms with Gasteiger partial charge in [-0.15, -0.1) is 0 Å². The van der Waals surface area contributed by atoms with Crippen LogP contribution in [0.3, 0.4) is 0 Å². The number of rotatable bonds is 7. The van der Waals surface area contributed by atoms with Crippen LogP contribution in [0.1, 0.15) is 12.0 Å². The number of phenolic OH excluding ortho intramolecular Hbond substituents is 1. The van der Waals surface area contributed by atoms with Crippen LogP contribution < -0.4 is 16.4 Å². The van der Waals surface area contributed by atoms with Gasteiger partial charge in [-0.1, -0.05) is 12.1 Å². The fourth-order valence-corrected chi connectivity index (χ4v) is 1.60. The van der Waals surface area contributed by atoms with Gasteiger partial charge in [0, 0.05) is 19.4 Å². The molecule has 0 aliphatic rings. The minimum absolute atomic E-state index is 0.150. The van der Waals surface area contributed by atoms with Crippen molar-refractivity contribution in [3.05, 3.63) is 29.8 Å². The van der Waals surface area contributed by atoms with Gasteiger partial charge in [-0.3, -0.25) is 9.59 Å². The molecule has 0 saturated heterocycles. The summed E-state index contributed by atoms with van der Waals surface area (Å²) in [6, 6.07) is 5.68. The molecule has 1 unspecified atom stereocenters. The Morgan fingerprint density at radius 1 is 1.32 bits per heavy atom. The summed E-state index contributed by atoms with van der Waals surface area (Å²) in [5, 5.41) is 14.6. The van der Waals surface area contributed by atoms with Crippen LogP contribution in [0, 0.1) is 0 Å². The van der Waals surface area contributed by atoms with Gasteiger partial charge < -0.3 is 21.5 Å². The molecule has 0 aromatic heterocycles. The molecule has 2 amide bonds. The number of hydrogen-bond acceptors (Lipinski definition) is 4. The topological polar surface area (TPSA) is 104 Å². The highest BCUT2D eigenvalue weighted by Gasteiger charge is 2.18. The van der Waals surface area contributed by atoms with E-state index in [1.807, 2.05) is 0 Å². The van der Waals surface area contributed by atoms with Crippen LogP contribution in [0.25, 0.3) is 0 Å². The molecule has 0 aliphatic heterocycles. The summed E-state index contributed by atoms with van der Waals surface area (Å²) >= 11 is 0. The van der Waals surface area contributed by atoms with Crippen molar-refractivity contribution in [1.82, 2.24) is 10.6 Å². The monoisotopic (exact) mass is 265 g/mol. The molecule has 0 fully saturated rings. The van der Waals surface area contributed by atoms with Crippen LogP contribution in [0.4, 0.5) is 0 Å². The Morgan fingerprint density at radius 3 is 2.47 bits per heavy atom. The molecule has 0 saturated carbocycles. The zero-order valence-electron chi connectivity index (χ0n) is 10.8. The summed E-state index contributed by atoms with van der Waals surface area (Å²) in [6.45, 7) is 0.538. The van der Waals surface area contributed by atoms with Gasteiger partial charge in [0.2, 0.25) is 11.8 Å². The van der Waals surface area contributed by atoms with Crippen LogP contribution in [0.5, 0.6) is 5.75 Å². The maximum Gasteiger partial charge on any atom is 0.240 e. The predicted molar refractivity (Wildman–Crippen MR) is 71.5 cm³/mol. The lowest BCUT2D eigenvalue weighted by atomic mass is 10.1. The molecule has 0 bridgehead atoms. The first kappa shape index (κ1) is 15.0. The Hall–Kier alpha value is -2.08. The second kappa shape index (κ2) is 7.38. The minimum atomic E-state index is -0.742. The Balaban J connectivity index is 2.60. The third-order valence-electron chi connectivity index (χ3n) is 2.66. The average molecular weight is 265 g/mol. The largest absolute Gasteiger partial charge is 0.508 e. The summed E-state index contributed by atoms with van der Waals surface area (Å²) in [5.74, 6) is -0.653. The maximum absolute atomic E-state index is 11.6. The number of nitrogens with two attached hydrogens (primary N) is 1. The Labute approximate surface area is 112 Å². The standard InChI is InChI=1S/C13H19N3O3/c1-15-7-6-12(18)16-11(13(14)19)8-9-2-4-10(17)5-3-9/h2-5,11,15,17H,6-8H2,1H3,(H2,14,19)(H,16,18). The molecule has 104 valence electrons. The normalized spacial score (nSPS) is 11.8. The number of amides is 2. The van der Waals surface area contributed by atoms with Gasteiger partial charge in [0.25, 0.3) is 0 Å². The molecule has 1 aromatic carbocycles. The lowest BCUT2D eigenvalue weighted by molar-refractivity contribution is -0.127. The highest BCUT2D eigenvalue weighted by Crippen LogP contribution is 2.11. The maximum atomic E-state index is 11.6. The van der Waals surface area contributed by atoms with E-state index in [1.165, 1.54) is 12.1 Å². The molecule has 19 heavy (non-hydrogen) atoms. The molecule has 0 heterocycles. The van der Waals surface area contributed by atoms with Gasteiger partial charge in [0.15, 0.2) is 0 Å². The quantitative estimate of drug-likeness (QED) is 0.534. The van der Waals surface area contributed by atoms with Crippen molar-refractivity contribution in [2.45, 2.75) is 18.9 Å². The number of hydrogen-bond donors (Lipinski definition) is 4. The van der Waals surface area contributed by atoms with Crippen molar-refractivity contribution in [2.24, 2.45) is 5.73 Å². The summed E-state index contributed by atoms with van der Waals surface area (Å²) in [5.41, 5.74) is 6.09. The second-order valence-corrected chi connectivity index (χ2v) is 4.25. The minimum Gasteiger partial charge on any atom is -0.508 e. The van der Waals surface area contributed by atoms with E-state index < -0.39 is 11.9 Å². The van der Waals surface area contributed by atoms with E-state index in [1.54, 1.807) is 19.2 Å². The summed E-state index contributed by atoms with van der Waals surface area (Å²) in [6.07, 6.45) is 0.594. The third-order valence-corrected chi connectivity index (χ3v) is 2.66. The zero-order valence-corrected chi connectivity index (χ0v) is 10.8.